The molecule has 118 valence electrons. The molecule has 1 aliphatic rings. The number of nitrogens with zero attached hydrogens (tertiary/aromatic N) is 3. The molecule has 6 heteroatoms. The van der Waals surface area contributed by atoms with Crippen molar-refractivity contribution in [2.75, 3.05) is 11.9 Å². The van der Waals surface area contributed by atoms with Crippen LogP contribution >= 0.6 is 24.0 Å². The Morgan fingerprint density at radius 1 is 1.36 bits per heavy atom. The Balaban J connectivity index is 0.00000176. The summed E-state index contributed by atoms with van der Waals surface area (Å²) in [6.45, 7) is 0.662. The smallest absolute Gasteiger partial charge is 0.193 e. The van der Waals surface area contributed by atoms with Gasteiger partial charge in [-0.05, 0) is 54.5 Å². The Kier molecular flexibility index (Phi) is 5.82. The van der Waals surface area contributed by atoms with Gasteiger partial charge in [-0.2, -0.15) is 5.10 Å². The van der Waals surface area contributed by atoms with Crippen LogP contribution in [0.5, 0.6) is 0 Å². The molecule has 0 radical (unpaired) electrons. The lowest BCUT2D eigenvalue weighted by Gasteiger charge is -2.07. The van der Waals surface area contributed by atoms with Crippen molar-refractivity contribution in [1.29, 1.82) is 0 Å². The third-order valence-electron chi connectivity index (χ3n) is 3.81. The average Bonchev–Trinajstić information content (AvgIpc) is 3.07. The molecule has 0 atom stereocenters. The summed E-state index contributed by atoms with van der Waals surface area (Å²) in [5.41, 5.74) is 11.0. The molecular weight excluding hydrogens is 389 g/mol. The van der Waals surface area contributed by atoms with Gasteiger partial charge in [-0.3, -0.25) is 9.67 Å². The molecule has 0 aliphatic heterocycles. The van der Waals surface area contributed by atoms with E-state index >= 15 is 0 Å². The fourth-order valence-electron chi connectivity index (χ4n) is 2.74. The van der Waals surface area contributed by atoms with E-state index in [9.17, 15) is 0 Å². The summed E-state index contributed by atoms with van der Waals surface area (Å²) in [6.07, 6.45) is 8.33. The largest absolute Gasteiger partial charge is 0.370 e. The molecule has 22 heavy (non-hydrogen) atoms. The molecule has 3 rings (SSSR count). The second-order valence-electron chi connectivity index (χ2n) is 5.50. The molecule has 0 saturated heterocycles. The molecule has 0 bridgehead atoms. The molecule has 3 N–H and O–H groups in total. The zero-order chi connectivity index (χ0) is 14.7. The minimum atomic E-state index is 0. The van der Waals surface area contributed by atoms with E-state index in [0.717, 1.165) is 12.1 Å². The lowest BCUT2D eigenvalue weighted by atomic mass is 10.1. The second kappa shape index (κ2) is 7.62. The molecule has 1 aliphatic carbocycles. The van der Waals surface area contributed by atoms with E-state index in [1.807, 2.05) is 19.4 Å². The molecule has 1 aromatic heterocycles. The minimum absolute atomic E-state index is 0. The molecule has 1 aromatic carbocycles. The fraction of sp³-hybridized carbons (Fsp3) is 0.375. The Morgan fingerprint density at radius 3 is 2.95 bits per heavy atom. The standard InChI is InChI=1S/C16H21N5.HI/c1-21-11-12(10-19-21)7-8-18-16(17)20-15-6-5-13-3-2-4-14(13)9-15;/h5-6,9-11H,2-4,7-8H2,1H3,(H3,17,18,20);1H. The highest BCUT2D eigenvalue weighted by atomic mass is 127. The third-order valence-corrected chi connectivity index (χ3v) is 3.81. The number of guanidine groups is 1. The van der Waals surface area contributed by atoms with E-state index in [2.05, 4.69) is 33.6 Å². The number of benzene rings is 1. The van der Waals surface area contributed by atoms with E-state index in [1.54, 1.807) is 4.68 Å². The number of halogens is 1. The summed E-state index contributed by atoms with van der Waals surface area (Å²) in [7, 11) is 1.91. The summed E-state index contributed by atoms with van der Waals surface area (Å²) in [4.78, 5) is 4.36. The molecular formula is C16H22IN5. The van der Waals surface area contributed by atoms with Gasteiger partial charge < -0.3 is 11.1 Å². The first-order chi connectivity index (χ1) is 10.2. The zero-order valence-corrected chi connectivity index (χ0v) is 15.1. The Bertz CT molecular complexity index is 662. The van der Waals surface area contributed by atoms with Crippen LogP contribution in [0.25, 0.3) is 0 Å². The maximum Gasteiger partial charge on any atom is 0.193 e. The van der Waals surface area contributed by atoms with E-state index < -0.39 is 0 Å². The van der Waals surface area contributed by atoms with Gasteiger partial charge in [0.2, 0.25) is 0 Å². The van der Waals surface area contributed by atoms with Gasteiger partial charge in [0.05, 0.1) is 6.20 Å². The van der Waals surface area contributed by atoms with Crippen molar-refractivity contribution >= 4 is 35.6 Å². The van der Waals surface area contributed by atoms with E-state index in [4.69, 9.17) is 5.73 Å². The number of aliphatic imine (C=N–C) groups is 1. The van der Waals surface area contributed by atoms with Gasteiger partial charge in [0.25, 0.3) is 0 Å². The molecule has 5 nitrogen and oxygen atoms in total. The first kappa shape index (κ1) is 16.8. The molecule has 1 heterocycles. The summed E-state index contributed by atoms with van der Waals surface area (Å²) < 4.78 is 1.80. The molecule has 0 fully saturated rings. The number of hydrogen-bond donors (Lipinski definition) is 2. The van der Waals surface area contributed by atoms with Crippen LogP contribution in [0.3, 0.4) is 0 Å². The number of hydrogen-bond acceptors (Lipinski definition) is 2. The monoisotopic (exact) mass is 411 g/mol. The summed E-state index contributed by atoms with van der Waals surface area (Å²) in [6, 6.07) is 6.45. The first-order valence-corrected chi connectivity index (χ1v) is 7.37. The molecule has 0 spiro atoms. The van der Waals surface area contributed by atoms with Crippen LogP contribution in [0, 0.1) is 0 Å². The highest BCUT2D eigenvalue weighted by molar-refractivity contribution is 14.0. The van der Waals surface area contributed by atoms with E-state index in [-0.39, 0.29) is 24.0 Å². The number of fused-ring (bicyclic) bond motifs is 1. The second-order valence-corrected chi connectivity index (χ2v) is 5.50. The summed E-state index contributed by atoms with van der Waals surface area (Å²) in [5, 5.41) is 7.31. The number of nitrogens with one attached hydrogen (secondary N) is 1. The molecule has 0 saturated carbocycles. The van der Waals surface area contributed by atoms with E-state index in [1.165, 1.54) is 36.0 Å². The number of anilines is 1. The van der Waals surface area contributed by atoms with Crippen molar-refractivity contribution < 1.29 is 0 Å². The first-order valence-electron chi connectivity index (χ1n) is 7.37. The highest BCUT2D eigenvalue weighted by Crippen LogP contribution is 2.24. The summed E-state index contributed by atoms with van der Waals surface area (Å²) in [5.74, 6) is 0.469. The van der Waals surface area contributed by atoms with Crippen LogP contribution in [-0.2, 0) is 26.3 Å². The van der Waals surface area contributed by atoms with Gasteiger partial charge in [-0.25, -0.2) is 0 Å². The van der Waals surface area contributed by atoms with Crippen LogP contribution in [-0.4, -0.2) is 22.3 Å². The number of rotatable bonds is 4. The number of aryl methyl sites for hydroxylation is 3. The van der Waals surface area contributed by atoms with Crippen LogP contribution in [0.1, 0.15) is 23.1 Å². The maximum absolute atomic E-state index is 5.94. The van der Waals surface area contributed by atoms with Crippen molar-refractivity contribution in [2.24, 2.45) is 17.8 Å². The predicted molar refractivity (Wildman–Crippen MR) is 101 cm³/mol. The Labute approximate surface area is 148 Å². The van der Waals surface area contributed by atoms with Crippen molar-refractivity contribution in [3.8, 4) is 0 Å². The lowest BCUT2D eigenvalue weighted by molar-refractivity contribution is 0.766. The van der Waals surface area contributed by atoms with Gasteiger partial charge in [-0.1, -0.05) is 6.07 Å². The number of nitrogens with two attached hydrogens (primary N) is 1. The molecule has 0 unspecified atom stereocenters. The Morgan fingerprint density at radius 2 is 2.18 bits per heavy atom. The van der Waals surface area contributed by atoms with E-state index in [0.29, 0.717) is 12.5 Å². The SMILES string of the molecule is Cn1cc(CCN=C(N)Nc2ccc3c(c2)CCC3)cn1.I. The number of aromatic nitrogens is 2. The normalized spacial score (nSPS) is 13.6. The quantitative estimate of drug-likeness (QED) is 0.462. The Hall–Kier alpha value is -1.57. The van der Waals surface area contributed by atoms with Crippen molar-refractivity contribution in [2.45, 2.75) is 25.7 Å². The van der Waals surface area contributed by atoms with Gasteiger partial charge in [0, 0.05) is 25.5 Å². The van der Waals surface area contributed by atoms with Crippen LogP contribution in [0.2, 0.25) is 0 Å². The van der Waals surface area contributed by atoms with Crippen LogP contribution in [0.15, 0.2) is 35.6 Å². The maximum atomic E-state index is 5.94. The predicted octanol–water partition coefficient (Wildman–Crippen LogP) is 2.50. The topological polar surface area (TPSA) is 68.2 Å². The fourth-order valence-corrected chi connectivity index (χ4v) is 2.74. The van der Waals surface area contributed by atoms with Crippen molar-refractivity contribution in [3.63, 3.8) is 0 Å². The minimum Gasteiger partial charge on any atom is -0.370 e. The average molecular weight is 411 g/mol. The van der Waals surface area contributed by atoms with Crippen molar-refractivity contribution in [1.82, 2.24) is 9.78 Å². The van der Waals surface area contributed by atoms with Crippen molar-refractivity contribution in [3.05, 3.63) is 47.3 Å². The molecule has 0 amide bonds. The third kappa shape index (κ3) is 4.22. The zero-order valence-electron chi connectivity index (χ0n) is 12.7. The lowest BCUT2D eigenvalue weighted by Crippen LogP contribution is -2.23. The van der Waals surface area contributed by atoms with Gasteiger partial charge in [0.15, 0.2) is 5.96 Å². The van der Waals surface area contributed by atoms with Crippen LogP contribution < -0.4 is 11.1 Å². The summed E-state index contributed by atoms with van der Waals surface area (Å²) >= 11 is 0. The highest BCUT2D eigenvalue weighted by Gasteiger charge is 2.10. The van der Waals surface area contributed by atoms with Gasteiger partial charge in [0.1, 0.15) is 0 Å². The van der Waals surface area contributed by atoms with Crippen LogP contribution in [0.4, 0.5) is 5.69 Å². The van der Waals surface area contributed by atoms with Gasteiger partial charge in [-0.15, -0.1) is 24.0 Å². The van der Waals surface area contributed by atoms with Gasteiger partial charge >= 0.3 is 0 Å². The molecule has 2 aromatic rings.